The highest BCUT2D eigenvalue weighted by Crippen LogP contribution is 2.60. The van der Waals surface area contributed by atoms with Gasteiger partial charge in [0.05, 0.1) is 46.5 Å². The Balaban J connectivity index is 1.21. The van der Waals surface area contributed by atoms with Crippen molar-refractivity contribution in [3.05, 3.63) is 156 Å². The third-order valence-corrected chi connectivity index (χ3v) is 16.0. The molecule has 7 rings (SSSR count). The first kappa shape index (κ1) is 38.7. The zero-order valence-corrected chi connectivity index (χ0v) is 33.4. The lowest BCUT2D eigenvalue weighted by Gasteiger charge is -2.37. The highest BCUT2D eigenvalue weighted by molar-refractivity contribution is 6.91. The molecule has 5 aromatic carbocycles. The number of methoxy groups -OCH3 is 1. The topological polar surface area (TPSA) is 108 Å². The van der Waals surface area contributed by atoms with Crippen LogP contribution in [0, 0.1) is 5.92 Å². The molecule has 0 aliphatic carbocycles. The molecule has 288 valence electrons. The van der Waals surface area contributed by atoms with Gasteiger partial charge in [-0.25, -0.2) is 0 Å². The van der Waals surface area contributed by atoms with Crippen LogP contribution >= 0.6 is 0 Å². The van der Waals surface area contributed by atoms with E-state index in [1.807, 2.05) is 109 Å². The normalized spacial score (nSPS) is 20.2. The molecule has 0 bridgehead atoms. The second-order valence-electron chi connectivity index (χ2n) is 15.3. The van der Waals surface area contributed by atoms with Crippen molar-refractivity contribution in [1.82, 2.24) is 4.90 Å². The molecule has 56 heavy (non-hydrogen) atoms. The van der Waals surface area contributed by atoms with Gasteiger partial charge in [-0.15, -0.1) is 0 Å². The summed E-state index contributed by atoms with van der Waals surface area (Å²) < 4.78 is 12.7. The third kappa shape index (κ3) is 7.39. The number of nitrogens with zero attached hydrogens (tertiary/aromatic N) is 2. The van der Waals surface area contributed by atoms with Gasteiger partial charge in [-0.2, -0.15) is 0 Å². The number of aliphatic hydroxyl groups is 1. The Hall–Kier alpha value is -5.55. The van der Waals surface area contributed by atoms with Gasteiger partial charge in [0.25, 0.3) is 11.8 Å². The number of hydrogen-bond donors (Lipinski definition) is 2. The second kappa shape index (κ2) is 16.3. The maximum absolute atomic E-state index is 15.2. The Bertz CT molecular complexity index is 2160. The number of aliphatic hydroxyl groups excluding tert-OH is 1. The summed E-state index contributed by atoms with van der Waals surface area (Å²) in [5, 5.41) is 14.1. The van der Waals surface area contributed by atoms with Gasteiger partial charge in [-0.1, -0.05) is 116 Å². The molecular weight excluding hydrogens is 719 g/mol. The van der Waals surface area contributed by atoms with Crippen molar-refractivity contribution < 1.29 is 29.0 Å². The second-order valence-corrected chi connectivity index (χ2v) is 20.0. The van der Waals surface area contributed by atoms with Crippen molar-refractivity contribution >= 4 is 42.4 Å². The van der Waals surface area contributed by atoms with E-state index in [0.29, 0.717) is 24.3 Å². The summed E-state index contributed by atoms with van der Waals surface area (Å²) in [7, 11) is -0.844. The molecular formula is C46H49N3O6Si. The molecule has 4 atom stereocenters. The number of carbonyl (C=O) groups is 3. The lowest BCUT2D eigenvalue weighted by atomic mass is 9.82. The van der Waals surface area contributed by atoms with Crippen LogP contribution in [-0.2, 0) is 33.0 Å². The van der Waals surface area contributed by atoms with Gasteiger partial charge in [0.1, 0.15) is 5.75 Å². The molecule has 3 amide bonds. The number of anilines is 2. The van der Waals surface area contributed by atoms with Crippen LogP contribution in [0.3, 0.4) is 0 Å². The Labute approximate surface area is 329 Å². The molecule has 1 fully saturated rings. The van der Waals surface area contributed by atoms with E-state index < -0.39 is 19.8 Å². The number of fused-ring (bicyclic) bond motifs is 2. The number of ether oxygens (including phenoxy) is 2. The van der Waals surface area contributed by atoms with Gasteiger partial charge in [0.2, 0.25) is 5.91 Å². The molecule has 1 saturated heterocycles. The molecule has 0 radical (unpaired) electrons. The number of rotatable bonds is 13. The summed E-state index contributed by atoms with van der Waals surface area (Å²) in [4.78, 5) is 45.8. The minimum absolute atomic E-state index is 0.0712. The first-order valence-corrected chi connectivity index (χ1v) is 22.3. The number of hydrogen-bond acceptors (Lipinski definition) is 6. The number of nitrogens with one attached hydrogen (secondary N) is 1. The van der Waals surface area contributed by atoms with E-state index in [4.69, 9.17) is 9.47 Å². The van der Waals surface area contributed by atoms with Gasteiger partial charge < -0.3 is 29.7 Å². The number of amides is 3. The monoisotopic (exact) mass is 767 g/mol. The maximum Gasteiger partial charge on any atom is 0.264 e. The zero-order valence-electron chi connectivity index (χ0n) is 32.4. The molecule has 0 unspecified atom stereocenters. The summed E-state index contributed by atoms with van der Waals surface area (Å²) in [6.45, 7) is 7.40. The molecule has 2 heterocycles. The number of benzene rings is 5. The van der Waals surface area contributed by atoms with Crippen LogP contribution in [0.2, 0.25) is 18.6 Å². The highest BCUT2D eigenvalue weighted by atomic mass is 28.3. The molecule has 5 aromatic rings. The van der Waals surface area contributed by atoms with E-state index in [2.05, 4.69) is 37.5 Å². The quantitative estimate of drug-likeness (QED) is 0.124. The van der Waals surface area contributed by atoms with Gasteiger partial charge in [0.15, 0.2) is 5.60 Å². The number of para-hydroxylation sites is 1. The Morgan fingerprint density at radius 1 is 0.857 bits per heavy atom. The smallest absolute Gasteiger partial charge is 0.264 e. The molecule has 1 spiro atoms. The van der Waals surface area contributed by atoms with E-state index >= 15 is 4.79 Å². The van der Waals surface area contributed by atoms with Crippen LogP contribution in [0.4, 0.5) is 11.4 Å². The van der Waals surface area contributed by atoms with E-state index in [1.54, 1.807) is 29.0 Å². The standard InChI is InChI=1S/C46H49N3O6Si/c1-32-43(56(3,4)38-25-23-37(54-2)24-26-38)41(29-42(51)48(27-28-50)30-33-13-7-5-8-14-33)55-46(32)39-17-11-12-18-40(39)49(45(46)53)31-34-19-21-36(22-20-34)47-44(52)35-15-9-6-10-16-35/h5-26,32,41,43,50H,27-31H2,1-4H3,(H,47,52)/t32-,41+,43-,46+/m1/s1. The first-order chi connectivity index (χ1) is 27.1. The molecule has 2 aliphatic heterocycles. The number of carbonyl (C=O) groups excluding carboxylic acids is 3. The fourth-order valence-corrected chi connectivity index (χ4v) is 12.8. The predicted molar refractivity (Wildman–Crippen MR) is 222 cm³/mol. The van der Waals surface area contributed by atoms with E-state index in [1.165, 1.54) is 5.19 Å². The average molecular weight is 768 g/mol. The lowest BCUT2D eigenvalue weighted by Crippen LogP contribution is -2.52. The molecule has 9 nitrogen and oxygen atoms in total. The summed E-state index contributed by atoms with van der Waals surface area (Å²) in [6, 6.07) is 42.4. The van der Waals surface area contributed by atoms with E-state index in [-0.39, 0.29) is 48.8 Å². The summed E-state index contributed by atoms with van der Waals surface area (Å²) in [5.74, 6) is 0.0128. The van der Waals surface area contributed by atoms with Crippen molar-refractivity contribution in [3.8, 4) is 5.75 Å². The Morgan fingerprint density at radius 2 is 1.50 bits per heavy atom. The lowest BCUT2D eigenvalue weighted by molar-refractivity contribution is -0.150. The SMILES string of the molecule is COc1ccc([Si](C)(C)[C@H]2[C@H](CC(=O)N(CCO)Cc3ccccc3)O[C@@]3(C(=O)N(Cc4ccc(NC(=O)c5ccccc5)cc4)c4ccccc43)[C@@H]2C)cc1. The van der Waals surface area contributed by atoms with Crippen molar-refractivity contribution in [1.29, 1.82) is 0 Å². The van der Waals surface area contributed by atoms with E-state index in [9.17, 15) is 14.7 Å². The van der Waals surface area contributed by atoms with Crippen molar-refractivity contribution in [3.63, 3.8) is 0 Å². The minimum atomic E-state index is -2.49. The van der Waals surface area contributed by atoms with Crippen molar-refractivity contribution in [2.24, 2.45) is 5.92 Å². The van der Waals surface area contributed by atoms with Crippen LogP contribution < -0.4 is 20.1 Å². The molecule has 10 heteroatoms. The highest BCUT2D eigenvalue weighted by Gasteiger charge is 2.66. The summed E-state index contributed by atoms with van der Waals surface area (Å²) in [5.41, 5.74) is 3.24. The molecule has 2 N–H and O–H groups in total. The van der Waals surface area contributed by atoms with Gasteiger partial charge >= 0.3 is 0 Å². The molecule has 0 aromatic heterocycles. The van der Waals surface area contributed by atoms with Crippen LogP contribution in [0.1, 0.15) is 40.4 Å². The van der Waals surface area contributed by atoms with Gasteiger partial charge in [0, 0.05) is 35.8 Å². The molecule has 2 aliphatic rings. The fourth-order valence-electron chi connectivity index (χ4n) is 8.81. The van der Waals surface area contributed by atoms with Crippen LogP contribution in [0.25, 0.3) is 0 Å². The summed E-state index contributed by atoms with van der Waals surface area (Å²) in [6.07, 6.45) is -0.496. The van der Waals surface area contributed by atoms with Gasteiger partial charge in [-0.3, -0.25) is 14.4 Å². The van der Waals surface area contributed by atoms with Crippen LogP contribution in [0.5, 0.6) is 5.75 Å². The van der Waals surface area contributed by atoms with Crippen molar-refractivity contribution in [2.45, 2.75) is 56.8 Å². The first-order valence-electron chi connectivity index (χ1n) is 19.2. The fraction of sp³-hybridized carbons (Fsp3) is 0.283. The minimum Gasteiger partial charge on any atom is -0.497 e. The van der Waals surface area contributed by atoms with E-state index in [0.717, 1.165) is 28.1 Å². The average Bonchev–Trinajstić information content (AvgIpc) is 3.65. The Kier molecular flexibility index (Phi) is 11.2. The van der Waals surface area contributed by atoms with Crippen LogP contribution in [-0.4, -0.2) is 62.2 Å². The zero-order chi connectivity index (χ0) is 39.5. The predicted octanol–water partition coefficient (Wildman–Crippen LogP) is 7.12. The van der Waals surface area contributed by atoms with Gasteiger partial charge in [-0.05, 0) is 59.1 Å². The van der Waals surface area contributed by atoms with Crippen LogP contribution in [0.15, 0.2) is 133 Å². The largest absolute Gasteiger partial charge is 0.497 e. The van der Waals surface area contributed by atoms with Crippen molar-refractivity contribution in [2.75, 3.05) is 30.5 Å². The Morgan fingerprint density at radius 3 is 2.16 bits per heavy atom. The molecule has 0 saturated carbocycles. The third-order valence-electron chi connectivity index (χ3n) is 11.6. The summed E-state index contributed by atoms with van der Waals surface area (Å²) >= 11 is 0. The maximum atomic E-state index is 15.2.